The normalized spacial score (nSPS) is 18.6. The Morgan fingerprint density at radius 3 is 2.52 bits per heavy atom. The zero-order valence-electron chi connectivity index (χ0n) is 15.8. The van der Waals surface area contributed by atoms with Gasteiger partial charge in [-0.05, 0) is 30.5 Å². The fourth-order valence-corrected chi connectivity index (χ4v) is 4.08. The molecule has 27 heavy (non-hydrogen) atoms. The minimum absolute atomic E-state index is 0.0357. The third-order valence-corrected chi connectivity index (χ3v) is 5.65. The molecule has 1 N–H and O–H groups in total. The molecule has 1 saturated heterocycles. The standard InChI is InChI=1S/C22H28N4O/c27-22(24-19-8-4-5-9-19)21-16-20(10-11-23-21)26-14-12-25(13-15-26)17-18-6-2-1-3-7-18/h1-3,6-7,10-11,16,19H,4-5,8-9,12-15,17H2,(H,24,27). The summed E-state index contributed by atoms with van der Waals surface area (Å²) in [6.45, 7) is 5.00. The predicted molar refractivity (Wildman–Crippen MR) is 108 cm³/mol. The number of piperazine rings is 1. The summed E-state index contributed by atoms with van der Waals surface area (Å²) in [7, 11) is 0. The van der Waals surface area contributed by atoms with Crippen molar-refractivity contribution in [1.82, 2.24) is 15.2 Å². The quantitative estimate of drug-likeness (QED) is 0.886. The van der Waals surface area contributed by atoms with E-state index in [4.69, 9.17) is 0 Å². The Morgan fingerprint density at radius 1 is 1.04 bits per heavy atom. The number of benzene rings is 1. The van der Waals surface area contributed by atoms with Crippen LogP contribution in [0.1, 0.15) is 41.7 Å². The van der Waals surface area contributed by atoms with Gasteiger partial charge in [0.15, 0.2) is 0 Å². The summed E-state index contributed by atoms with van der Waals surface area (Å²) in [6, 6.07) is 14.9. The predicted octanol–water partition coefficient (Wildman–Crippen LogP) is 3.08. The molecule has 2 aromatic rings. The van der Waals surface area contributed by atoms with Gasteiger partial charge in [-0.15, -0.1) is 0 Å². The fourth-order valence-electron chi connectivity index (χ4n) is 4.08. The molecule has 2 aliphatic rings. The highest BCUT2D eigenvalue weighted by atomic mass is 16.1. The minimum Gasteiger partial charge on any atom is -0.369 e. The molecule has 0 radical (unpaired) electrons. The SMILES string of the molecule is O=C(NC1CCCC1)c1cc(N2CCN(Cc3ccccc3)CC2)ccn1. The number of hydrogen-bond acceptors (Lipinski definition) is 4. The molecular formula is C22H28N4O. The van der Waals surface area contributed by atoms with E-state index in [1.807, 2.05) is 12.1 Å². The molecule has 1 amide bonds. The molecule has 1 saturated carbocycles. The van der Waals surface area contributed by atoms with Gasteiger partial charge in [0.2, 0.25) is 0 Å². The third kappa shape index (κ3) is 4.66. The lowest BCUT2D eigenvalue weighted by Gasteiger charge is -2.36. The highest BCUT2D eigenvalue weighted by Crippen LogP contribution is 2.20. The van der Waals surface area contributed by atoms with Gasteiger partial charge in [0, 0.05) is 50.6 Å². The first-order valence-electron chi connectivity index (χ1n) is 10.1. The first-order chi connectivity index (χ1) is 13.3. The number of nitrogens with zero attached hydrogens (tertiary/aromatic N) is 3. The van der Waals surface area contributed by atoms with Gasteiger partial charge in [-0.1, -0.05) is 43.2 Å². The number of pyridine rings is 1. The number of carbonyl (C=O) groups is 1. The molecule has 0 unspecified atom stereocenters. The third-order valence-electron chi connectivity index (χ3n) is 5.65. The molecule has 0 spiro atoms. The Morgan fingerprint density at radius 2 is 1.78 bits per heavy atom. The van der Waals surface area contributed by atoms with E-state index in [-0.39, 0.29) is 5.91 Å². The van der Waals surface area contributed by atoms with E-state index in [1.54, 1.807) is 6.20 Å². The number of anilines is 1. The zero-order chi connectivity index (χ0) is 18.5. The Balaban J connectivity index is 1.33. The van der Waals surface area contributed by atoms with Gasteiger partial charge in [0.25, 0.3) is 5.91 Å². The van der Waals surface area contributed by atoms with E-state index < -0.39 is 0 Å². The summed E-state index contributed by atoms with van der Waals surface area (Å²) in [4.78, 5) is 21.6. The summed E-state index contributed by atoms with van der Waals surface area (Å²) in [5.74, 6) is -0.0357. The summed E-state index contributed by atoms with van der Waals surface area (Å²) >= 11 is 0. The van der Waals surface area contributed by atoms with Crippen molar-refractivity contribution in [1.29, 1.82) is 0 Å². The maximum absolute atomic E-state index is 12.5. The van der Waals surface area contributed by atoms with Crippen LogP contribution >= 0.6 is 0 Å². The van der Waals surface area contributed by atoms with Crippen molar-refractivity contribution in [2.24, 2.45) is 0 Å². The molecule has 4 rings (SSSR count). The van der Waals surface area contributed by atoms with E-state index in [0.29, 0.717) is 11.7 Å². The number of aromatic nitrogens is 1. The monoisotopic (exact) mass is 364 g/mol. The minimum atomic E-state index is -0.0357. The van der Waals surface area contributed by atoms with Gasteiger partial charge >= 0.3 is 0 Å². The van der Waals surface area contributed by atoms with E-state index >= 15 is 0 Å². The molecule has 0 bridgehead atoms. The highest BCUT2D eigenvalue weighted by Gasteiger charge is 2.21. The summed E-state index contributed by atoms with van der Waals surface area (Å²) in [5.41, 5.74) is 2.99. The second-order valence-electron chi connectivity index (χ2n) is 7.60. The van der Waals surface area contributed by atoms with Crippen molar-refractivity contribution in [3.8, 4) is 0 Å². The van der Waals surface area contributed by atoms with Gasteiger partial charge < -0.3 is 10.2 Å². The molecular weight excluding hydrogens is 336 g/mol. The topological polar surface area (TPSA) is 48.5 Å². The lowest BCUT2D eigenvalue weighted by atomic mass is 10.2. The van der Waals surface area contributed by atoms with Crippen molar-refractivity contribution >= 4 is 11.6 Å². The van der Waals surface area contributed by atoms with Crippen LogP contribution in [0.25, 0.3) is 0 Å². The first kappa shape index (κ1) is 18.0. The number of amides is 1. The van der Waals surface area contributed by atoms with Crippen LogP contribution in [0.3, 0.4) is 0 Å². The first-order valence-corrected chi connectivity index (χ1v) is 10.1. The van der Waals surface area contributed by atoms with Gasteiger partial charge in [0.1, 0.15) is 5.69 Å². The molecule has 2 heterocycles. The van der Waals surface area contributed by atoms with Crippen molar-refractivity contribution < 1.29 is 4.79 Å². The van der Waals surface area contributed by atoms with Crippen LogP contribution in [0.2, 0.25) is 0 Å². The summed E-state index contributed by atoms with van der Waals surface area (Å²) < 4.78 is 0. The van der Waals surface area contributed by atoms with Crippen LogP contribution in [-0.4, -0.2) is 48.0 Å². The summed E-state index contributed by atoms with van der Waals surface area (Å²) in [5, 5.41) is 3.13. The van der Waals surface area contributed by atoms with Crippen molar-refractivity contribution in [3.63, 3.8) is 0 Å². The van der Waals surface area contributed by atoms with Crippen LogP contribution in [0.15, 0.2) is 48.7 Å². The molecule has 142 valence electrons. The van der Waals surface area contributed by atoms with E-state index in [0.717, 1.165) is 51.3 Å². The maximum Gasteiger partial charge on any atom is 0.270 e. The van der Waals surface area contributed by atoms with Gasteiger partial charge in [-0.2, -0.15) is 0 Å². The van der Waals surface area contributed by atoms with Crippen molar-refractivity contribution in [2.75, 3.05) is 31.1 Å². The lowest BCUT2D eigenvalue weighted by Crippen LogP contribution is -2.46. The Labute approximate surface area is 161 Å². The molecule has 1 aromatic heterocycles. The molecule has 1 aliphatic heterocycles. The Hall–Kier alpha value is -2.40. The van der Waals surface area contributed by atoms with E-state index in [2.05, 4.69) is 50.4 Å². The van der Waals surface area contributed by atoms with Crippen molar-refractivity contribution in [3.05, 3.63) is 59.9 Å². The van der Waals surface area contributed by atoms with E-state index in [9.17, 15) is 4.79 Å². The lowest BCUT2D eigenvalue weighted by molar-refractivity contribution is 0.0933. The molecule has 0 atom stereocenters. The smallest absolute Gasteiger partial charge is 0.270 e. The number of nitrogens with one attached hydrogen (secondary N) is 1. The van der Waals surface area contributed by atoms with Crippen LogP contribution in [-0.2, 0) is 6.54 Å². The highest BCUT2D eigenvalue weighted by molar-refractivity contribution is 5.93. The second kappa shape index (κ2) is 8.53. The maximum atomic E-state index is 12.5. The average molecular weight is 364 g/mol. The second-order valence-corrected chi connectivity index (χ2v) is 7.60. The molecule has 2 fully saturated rings. The number of carbonyl (C=O) groups excluding carboxylic acids is 1. The summed E-state index contributed by atoms with van der Waals surface area (Å²) in [6.07, 6.45) is 6.37. The van der Waals surface area contributed by atoms with Crippen LogP contribution in [0.5, 0.6) is 0 Å². The number of rotatable bonds is 5. The number of hydrogen-bond donors (Lipinski definition) is 1. The fraction of sp³-hybridized carbons (Fsp3) is 0.455. The Bertz CT molecular complexity index is 750. The molecule has 5 heteroatoms. The van der Waals surface area contributed by atoms with E-state index in [1.165, 1.54) is 18.4 Å². The molecule has 1 aliphatic carbocycles. The largest absolute Gasteiger partial charge is 0.369 e. The van der Waals surface area contributed by atoms with Crippen LogP contribution in [0, 0.1) is 0 Å². The van der Waals surface area contributed by atoms with Gasteiger partial charge in [-0.3, -0.25) is 14.7 Å². The molecule has 1 aromatic carbocycles. The van der Waals surface area contributed by atoms with Crippen LogP contribution in [0.4, 0.5) is 5.69 Å². The molecule has 5 nitrogen and oxygen atoms in total. The Kier molecular flexibility index (Phi) is 5.68. The average Bonchev–Trinajstić information content (AvgIpc) is 3.22. The van der Waals surface area contributed by atoms with Crippen molar-refractivity contribution in [2.45, 2.75) is 38.3 Å². The van der Waals surface area contributed by atoms with Crippen LogP contribution < -0.4 is 10.2 Å². The van der Waals surface area contributed by atoms with Gasteiger partial charge in [0.05, 0.1) is 0 Å². The zero-order valence-corrected chi connectivity index (χ0v) is 15.8. The van der Waals surface area contributed by atoms with Gasteiger partial charge in [-0.25, -0.2) is 0 Å².